The van der Waals surface area contributed by atoms with Crippen LogP contribution >= 0.6 is 11.3 Å². The van der Waals surface area contributed by atoms with Crippen LogP contribution in [-0.4, -0.2) is 46.6 Å². The normalized spacial score (nSPS) is 21.8. The van der Waals surface area contributed by atoms with Crippen LogP contribution in [0, 0.1) is 29.1 Å². The highest BCUT2D eigenvalue weighted by Crippen LogP contribution is 2.38. The Hall–Kier alpha value is -2.98. The number of thiophene rings is 1. The van der Waals surface area contributed by atoms with E-state index in [0.29, 0.717) is 41.6 Å². The molecule has 0 radical (unpaired) electrons. The maximum atomic E-state index is 14.1. The van der Waals surface area contributed by atoms with Crippen LogP contribution in [0.15, 0.2) is 30.6 Å². The van der Waals surface area contributed by atoms with Gasteiger partial charge in [0.25, 0.3) is 5.91 Å². The third-order valence-corrected chi connectivity index (χ3v) is 8.32. The van der Waals surface area contributed by atoms with E-state index >= 15 is 0 Å². The molecule has 1 aliphatic carbocycles. The minimum Gasteiger partial charge on any atom is -0.336 e. The van der Waals surface area contributed by atoms with E-state index in [1.54, 1.807) is 36.4 Å². The van der Waals surface area contributed by atoms with Gasteiger partial charge in [0.05, 0.1) is 27.0 Å². The van der Waals surface area contributed by atoms with E-state index in [1.807, 2.05) is 31.7 Å². The number of Topliss-reactive ketones (excluding diaryl/α,β-unsaturated/α-hetero) is 1. The quantitative estimate of drug-likeness (QED) is 0.369. The van der Waals surface area contributed by atoms with Gasteiger partial charge in [-0.25, -0.2) is 0 Å². The molecule has 37 heavy (non-hydrogen) atoms. The van der Waals surface area contributed by atoms with Crippen molar-refractivity contribution in [2.75, 3.05) is 18.0 Å². The Morgan fingerprint density at radius 3 is 2.49 bits per heavy atom. The molecule has 2 amide bonds. The molecule has 1 aliphatic heterocycles. The summed E-state index contributed by atoms with van der Waals surface area (Å²) >= 11 is 1.36. The summed E-state index contributed by atoms with van der Waals surface area (Å²) in [5.74, 6) is 6.96. The number of carbonyl (C=O) groups is 3. The first-order chi connectivity index (χ1) is 17.5. The summed E-state index contributed by atoms with van der Waals surface area (Å²) in [7, 11) is 0. The van der Waals surface area contributed by atoms with Gasteiger partial charge in [0.2, 0.25) is 5.91 Å². The molecule has 0 aromatic carbocycles. The maximum Gasteiger partial charge on any atom is 0.255 e. The van der Waals surface area contributed by atoms with E-state index in [9.17, 15) is 14.4 Å². The van der Waals surface area contributed by atoms with Gasteiger partial charge in [-0.05, 0) is 77.0 Å². The molecule has 0 unspecified atom stereocenters. The van der Waals surface area contributed by atoms with Crippen LogP contribution in [0.2, 0.25) is 0 Å². The number of hydrogen-bond acceptors (Lipinski definition) is 5. The second-order valence-electron chi connectivity index (χ2n) is 11.5. The SMILES string of the molecule is CC(=O)c1sc(C#CC(C)(C)C)cc1N(C(=O)C1CCC(C)CC1)[C@H]1CCN(C(=O)c2cccnc2)C1. The molecular weight excluding hydrogens is 482 g/mol. The van der Waals surface area contributed by atoms with Crippen molar-refractivity contribution >= 4 is 34.6 Å². The predicted molar refractivity (Wildman–Crippen MR) is 148 cm³/mol. The first-order valence-electron chi connectivity index (χ1n) is 13.2. The summed E-state index contributed by atoms with van der Waals surface area (Å²) in [6.45, 7) is 10.9. The zero-order valence-corrected chi connectivity index (χ0v) is 23.4. The minimum absolute atomic E-state index is 0.0666. The van der Waals surface area contributed by atoms with Crippen LogP contribution in [0.3, 0.4) is 0 Å². The molecule has 0 spiro atoms. The van der Waals surface area contributed by atoms with Crippen molar-refractivity contribution in [1.82, 2.24) is 9.88 Å². The van der Waals surface area contributed by atoms with Gasteiger partial charge in [0.15, 0.2) is 5.78 Å². The van der Waals surface area contributed by atoms with Crippen molar-refractivity contribution in [2.45, 2.75) is 72.8 Å². The van der Waals surface area contributed by atoms with Gasteiger partial charge >= 0.3 is 0 Å². The molecule has 6 nitrogen and oxygen atoms in total. The molecule has 1 saturated carbocycles. The largest absolute Gasteiger partial charge is 0.336 e. The van der Waals surface area contributed by atoms with E-state index in [0.717, 1.165) is 30.6 Å². The van der Waals surface area contributed by atoms with Crippen molar-refractivity contribution in [2.24, 2.45) is 17.3 Å². The first-order valence-corrected chi connectivity index (χ1v) is 14.1. The van der Waals surface area contributed by atoms with Crippen LogP contribution in [-0.2, 0) is 4.79 Å². The number of ketones is 1. The van der Waals surface area contributed by atoms with E-state index in [-0.39, 0.29) is 35.0 Å². The second kappa shape index (κ2) is 11.2. The van der Waals surface area contributed by atoms with Gasteiger partial charge in [-0.1, -0.05) is 18.8 Å². The number of carbonyl (C=O) groups excluding carboxylic acids is 3. The molecule has 1 saturated heterocycles. The second-order valence-corrected chi connectivity index (χ2v) is 12.5. The van der Waals surface area contributed by atoms with Gasteiger partial charge in [-0.3, -0.25) is 19.4 Å². The number of anilines is 1. The summed E-state index contributed by atoms with van der Waals surface area (Å²) in [4.78, 5) is 49.1. The van der Waals surface area contributed by atoms with E-state index in [1.165, 1.54) is 11.3 Å². The van der Waals surface area contributed by atoms with Gasteiger partial charge < -0.3 is 9.80 Å². The monoisotopic (exact) mass is 519 g/mol. The van der Waals surface area contributed by atoms with Gasteiger partial charge in [-0.2, -0.15) is 0 Å². The summed E-state index contributed by atoms with van der Waals surface area (Å²) < 4.78 is 0. The fourth-order valence-electron chi connectivity index (χ4n) is 5.13. The molecule has 0 bridgehead atoms. The third kappa shape index (κ3) is 6.48. The van der Waals surface area contributed by atoms with Crippen LogP contribution in [0.1, 0.15) is 91.6 Å². The highest BCUT2D eigenvalue weighted by Gasteiger charge is 2.39. The Labute approximate surface area is 224 Å². The molecule has 4 rings (SSSR count). The molecule has 2 aliphatic rings. The molecule has 2 aromatic heterocycles. The van der Waals surface area contributed by atoms with Gasteiger partial charge in [0.1, 0.15) is 0 Å². The van der Waals surface area contributed by atoms with Crippen LogP contribution < -0.4 is 4.90 Å². The summed E-state index contributed by atoms with van der Waals surface area (Å²) in [6.07, 6.45) is 7.67. The maximum absolute atomic E-state index is 14.1. The number of rotatable bonds is 5. The van der Waals surface area contributed by atoms with E-state index in [2.05, 4.69) is 23.7 Å². The number of likely N-dealkylation sites (tertiary alicyclic amines) is 1. The van der Waals surface area contributed by atoms with Crippen molar-refractivity contribution in [1.29, 1.82) is 0 Å². The summed E-state index contributed by atoms with van der Waals surface area (Å²) in [5, 5.41) is 0. The lowest BCUT2D eigenvalue weighted by atomic mass is 9.82. The topological polar surface area (TPSA) is 70.6 Å². The van der Waals surface area contributed by atoms with Crippen molar-refractivity contribution in [3.63, 3.8) is 0 Å². The Kier molecular flexibility index (Phi) is 8.18. The smallest absolute Gasteiger partial charge is 0.255 e. The molecule has 2 fully saturated rings. The highest BCUT2D eigenvalue weighted by atomic mass is 32.1. The Balaban J connectivity index is 1.69. The number of nitrogens with zero attached hydrogens (tertiary/aromatic N) is 3. The molecule has 0 N–H and O–H groups in total. The average molecular weight is 520 g/mol. The van der Waals surface area contributed by atoms with E-state index < -0.39 is 0 Å². The van der Waals surface area contributed by atoms with Crippen molar-refractivity contribution in [3.8, 4) is 11.8 Å². The lowest BCUT2D eigenvalue weighted by molar-refractivity contribution is -0.124. The first kappa shape index (κ1) is 27.1. The minimum atomic E-state index is -0.191. The predicted octanol–water partition coefficient (Wildman–Crippen LogP) is 5.82. The standard InChI is InChI=1S/C30H37N3O3S/c1-20-8-10-22(11-9-20)29(36)33(24-13-16-32(19-24)28(35)23-7-6-15-31-18-23)26-17-25(12-14-30(3,4)5)37-27(26)21(2)34/h6-7,15,17-18,20,22,24H,8-11,13,16,19H2,1-5H3/t20?,22?,24-/m0/s1. The summed E-state index contributed by atoms with van der Waals surface area (Å²) in [6, 6.07) is 5.24. The number of hydrogen-bond donors (Lipinski definition) is 0. The molecular formula is C30H37N3O3S. The van der Waals surface area contributed by atoms with Crippen molar-refractivity contribution in [3.05, 3.63) is 45.9 Å². The Morgan fingerprint density at radius 2 is 1.86 bits per heavy atom. The van der Waals surface area contributed by atoms with Gasteiger partial charge in [0, 0.05) is 43.7 Å². The van der Waals surface area contributed by atoms with Crippen molar-refractivity contribution < 1.29 is 14.4 Å². The zero-order chi connectivity index (χ0) is 26.7. The third-order valence-electron chi connectivity index (χ3n) is 7.18. The Bertz CT molecular complexity index is 1210. The molecule has 1 atom stereocenters. The zero-order valence-electron chi connectivity index (χ0n) is 22.5. The summed E-state index contributed by atoms with van der Waals surface area (Å²) in [5.41, 5.74) is 1.02. The van der Waals surface area contributed by atoms with Crippen LogP contribution in [0.5, 0.6) is 0 Å². The molecule has 2 aromatic rings. The molecule has 7 heteroatoms. The number of aromatic nitrogens is 1. The average Bonchev–Trinajstić information content (AvgIpc) is 3.51. The lowest BCUT2D eigenvalue weighted by Crippen LogP contribution is -2.46. The van der Waals surface area contributed by atoms with E-state index in [4.69, 9.17) is 0 Å². The Morgan fingerprint density at radius 1 is 1.14 bits per heavy atom. The highest BCUT2D eigenvalue weighted by molar-refractivity contribution is 7.15. The molecule has 3 heterocycles. The fourth-order valence-corrected chi connectivity index (χ4v) is 6.03. The number of pyridine rings is 1. The van der Waals surface area contributed by atoms with Crippen LogP contribution in [0.25, 0.3) is 0 Å². The molecule has 196 valence electrons. The van der Waals surface area contributed by atoms with Crippen LogP contribution in [0.4, 0.5) is 5.69 Å². The van der Waals surface area contributed by atoms with Gasteiger partial charge in [-0.15, -0.1) is 11.3 Å². The fraction of sp³-hybridized carbons (Fsp3) is 0.533. The lowest BCUT2D eigenvalue weighted by Gasteiger charge is -2.34. The number of amides is 2.